The summed E-state index contributed by atoms with van der Waals surface area (Å²) in [6.45, 7) is 13.9. The van der Waals surface area contributed by atoms with Crippen molar-refractivity contribution in [2.24, 2.45) is 17.4 Å². The van der Waals surface area contributed by atoms with Crippen LogP contribution in [0.15, 0.2) is 72.8 Å². The van der Waals surface area contributed by atoms with Crippen LogP contribution < -0.4 is 41.0 Å². The molecule has 0 aliphatic rings. The van der Waals surface area contributed by atoms with E-state index in [2.05, 4.69) is 10.6 Å². The maximum atomic E-state index is 12.9. The summed E-state index contributed by atoms with van der Waals surface area (Å²) in [6, 6.07) is 16.8. The lowest BCUT2D eigenvalue weighted by Crippen LogP contribution is -2.17. The first kappa shape index (κ1) is 49.1. The van der Waals surface area contributed by atoms with Crippen molar-refractivity contribution in [1.82, 2.24) is 0 Å². The summed E-state index contributed by atoms with van der Waals surface area (Å²) < 4.78 is 22.6. The number of nitrogens with two attached hydrogens (primary N) is 2. The lowest BCUT2D eigenvalue weighted by molar-refractivity contribution is -0.386. The second-order valence-electron chi connectivity index (χ2n) is 14.7. The van der Waals surface area contributed by atoms with Gasteiger partial charge in [0.1, 0.15) is 11.5 Å². The Hall–Kier alpha value is -7.24. The quantitative estimate of drug-likeness (QED) is 0.0349. The van der Waals surface area contributed by atoms with Crippen LogP contribution in [0.5, 0.6) is 23.0 Å². The molecule has 6 N–H and O–H groups in total. The van der Waals surface area contributed by atoms with Gasteiger partial charge in [0.05, 0.1) is 46.6 Å². The molecule has 0 aromatic heterocycles. The molecule has 18 nitrogen and oxygen atoms in total. The molecule has 1 atom stereocenters. The van der Waals surface area contributed by atoms with E-state index in [4.69, 9.17) is 30.4 Å². The molecular formula is C44H54N6O12. The van der Waals surface area contributed by atoms with E-state index >= 15 is 0 Å². The van der Waals surface area contributed by atoms with Crippen LogP contribution in [0.3, 0.4) is 0 Å². The molecular weight excluding hydrogens is 805 g/mol. The van der Waals surface area contributed by atoms with Gasteiger partial charge >= 0.3 is 11.4 Å². The second-order valence-corrected chi connectivity index (χ2v) is 14.7. The van der Waals surface area contributed by atoms with Crippen molar-refractivity contribution in [2.75, 3.05) is 23.8 Å². The third-order valence-corrected chi connectivity index (χ3v) is 8.71. The van der Waals surface area contributed by atoms with Gasteiger partial charge in [0, 0.05) is 46.5 Å². The van der Waals surface area contributed by atoms with Gasteiger partial charge in [-0.1, -0.05) is 40.5 Å². The predicted molar refractivity (Wildman–Crippen MR) is 234 cm³/mol. The molecule has 332 valence electrons. The summed E-state index contributed by atoms with van der Waals surface area (Å²) >= 11 is 0. The molecule has 4 aromatic carbocycles. The maximum absolute atomic E-state index is 12.9. The second kappa shape index (κ2) is 23.5. The van der Waals surface area contributed by atoms with Gasteiger partial charge in [0.25, 0.3) is 11.8 Å². The SMILES string of the molecule is CC(C)COc1cc(C(N)=O)ccc1NC(=O)c1ccc([N+](=O)[O-])c(OC(C)C)c1.CCCCCOc1cc(C(=O)Nc2ccc(C(N)=O)cc2OC(C)CC)ccc1[N+](=O)[O-]. The number of nitrogens with zero attached hydrogens (tertiary/aromatic N) is 2. The van der Waals surface area contributed by atoms with Gasteiger partial charge in [-0.05, 0) is 88.1 Å². The summed E-state index contributed by atoms with van der Waals surface area (Å²) in [5.41, 5.74) is 11.8. The topological polar surface area (TPSA) is 268 Å². The zero-order chi connectivity index (χ0) is 46.1. The van der Waals surface area contributed by atoms with Crippen molar-refractivity contribution in [3.8, 4) is 23.0 Å². The van der Waals surface area contributed by atoms with Crippen LogP contribution in [0.1, 0.15) is 116 Å². The molecule has 18 heteroatoms. The van der Waals surface area contributed by atoms with Crippen LogP contribution in [0.4, 0.5) is 22.7 Å². The number of anilines is 2. The lowest BCUT2D eigenvalue weighted by Gasteiger charge is -2.17. The number of amides is 4. The number of nitro benzene ring substituents is 2. The van der Waals surface area contributed by atoms with E-state index < -0.39 is 33.5 Å². The van der Waals surface area contributed by atoms with Crippen molar-refractivity contribution in [3.05, 3.63) is 115 Å². The Morgan fingerprint density at radius 3 is 1.55 bits per heavy atom. The number of ether oxygens (including phenoxy) is 4. The van der Waals surface area contributed by atoms with Crippen LogP contribution in [0.2, 0.25) is 0 Å². The fourth-order valence-electron chi connectivity index (χ4n) is 5.33. The van der Waals surface area contributed by atoms with E-state index in [1.54, 1.807) is 13.8 Å². The minimum atomic E-state index is -0.617. The molecule has 4 aromatic rings. The number of nitrogens with one attached hydrogen (secondary N) is 2. The van der Waals surface area contributed by atoms with Gasteiger partial charge in [-0.25, -0.2) is 0 Å². The standard InChI is InChI=1S/C23H29N3O6.C21H25N3O6/c1-4-6-7-12-31-21-14-17(9-11-19(21)26(29)30)23(28)25-18-10-8-16(22(24)27)13-20(18)32-15(3)5-2;1-12(2)11-29-18-9-14(20(22)25)5-7-16(18)23-21(26)15-6-8-17(24(27)28)19(10-15)30-13(3)4/h8-11,13-15H,4-7,12H2,1-3H3,(H2,24,27)(H,25,28);5-10,12-13H,11H2,1-4H3,(H2,22,25)(H,23,26). The number of hydrogen-bond acceptors (Lipinski definition) is 12. The Morgan fingerprint density at radius 2 is 1.08 bits per heavy atom. The number of unbranched alkanes of at least 4 members (excludes halogenated alkanes) is 2. The summed E-state index contributed by atoms with van der Waals surface area (Å²) in [6.07, 6.45) is 2.94. The van der Waals surface area contributed by atoms with E-state index in [0.29, 0.717) is 36.1 Å². The molecule has 0 saturated heterocycles. The summed E-state index contributed by atoms with van der Waals surface area (Å²) in [5.74, 6) is -1.38. The third kappa shape index (κ3) is 14.8. The van der Waals surface area contributed by atoms with Crippen LogP contribution >= 0.6 is 0 Å². The van der Waals surface area contributed by atoms with Crippen molar-refractivity contribution in [3.63, 3.8) is 0 Å². The lowest BCUT2D eigenvalue weighted by atomic mass is 10.1. The van der Waals surface area contributed by atoms with E-state index in [0.717, 1.165) is 25.7 Å². The molecule has 62 heavy (non-hydrogen) atoms. The highest BCUT2D eigenvalue weighted by atomic mass is 16.6. The molecule has 0 fully saturated rings. The number of carbonyl (C=O) groups is 4. The number of primary amides is 2. The first-order valence-corrected chi connectivity index (χ1v) is 20.0. The summed E-state index contributed by atoms with van der Waals surface area (Å²) in [5, 5.41) is 28.0. The molecule has 0 saturated carbocycles. The highest BCUT2D eigenvalue weighted by Gasteiger charge is 2.22. The average Bonchev–Trinajstić information content (AvgIpc) is 3.22. The van der Waals surface area contributed by atoms with Crippen LogP contribution in [0, 0.1) is 26.1 Å². The summed E-state index contributed by atoms with van der Waals surface area (Å²) in [7, 11) is 0. The Balaban J connectivity index is 0.000000331. The highest BCUT2D eigenvalue weighted by Crippen LogP contribution is 2.33. The molecule has 0 radical (unpaired) electrons. The molecule has 0 bridgehead atoms. The number of nitro groups is 2. The fourth-order valence-corrected chi connectivity index (χ4v) is 5.33. The Kier molecular flexibility index (Phi) is 18.6. The van der Waals surface area contributed by atoms with Gasteiger partial charge in [0.2, 0.25) is 11.8 Å². The number of rotatable bonds is 21. The van der Waals surface area contributed by atoms with E-state index in [1.165, 1.54) is 72.8 Å². The van der Waals surface area contributed by atoms with E-state index in [-0.39, 0.29) is 63.3 Å². The molecule has 4 amide bonds. The molecule has 0 aliphatic carbocycles. The number of benzene rings is 4. The zero-order valence-corrected chi connectivity index (χ0v) is 35.9. The van der Waals surface area contributed by atoms with Gasteiger partial charge in [0.15, 0.2) is 11.5 Å². The summed E-state index contributed by atoms with van der Waals surface area (Å²) in [4.78, 5) is 70.0. The van der Waals surface area contributed by atoms with Gasteiger partial charge < -0.3 is 41.0 Å². The van der Waals surface area contributed by atoms with Crippen molar-refractivity contribution in [1.29, 1.82) is 0 Å². The minimum absolute atomic E-state index is 0.00278. The zero-order valence-electron chi connectivity index (χ0n) is 35.9. The van der Waals surface area contributed by atoms with Gasteiger partial charge in [-0.3, -0.25) is 39.4 Å². The monoisotopic (exact) mass is 858 g/mol. The van der Waals surface area contributed by atoms with Gasteiger partial charge in [-0.2, -0.15) is 0 Å². The van der Waals surface area contributed by atoms with Crippen LogP contribution in [-0.2, 0) is 0 Å². The van der Waals surface area contributed by atoms with E-state index in [1.807, 2.05) is 34.6 Å². The van der Waals surface area contributed by atoms with Gasteiger partial charge in [-0.15, -0.1) is 0 Å². The molecule has 1 unspecified atom stereocenters. The van der Waals surface area contributed by atoms with E-state index in [9.17, 15) is 39.4 Å². The molecule has 0 aliphatic heterocycles. The number of carbonyl (C=O) groups excluding carboxylic acids is 4. The van der Waals surface area contributed by atoms with Crippen molar-refractivity contribution < 1.29 is 48.0 Å². The maximum Gasteiger partial charge on any atom is 0.310 e. The van der Waals surface area contributed by atoms with Crippen LogP contribution in [-0.4, -0.2) is 58.9 Å². The Labute approximate surface area is 359 Å². The third-order valence-electron chi connectivity index (χ3n) is 8.71. The number of hydrogen-bond donors (Lipinski definition) is 4. The Bertz CT molecular complexity index is 2240. The van der Waals surface area contributed by atoms with Crippen molar-refractivity contribution >= 4 is 46.4 Å². The predicted octanol–water partition coefficient (Wildman–Crippen LogP) is 8.46. The molecule has 0 spiro atoms. The average molecular weight is 859 g/mol. The Morgan fingerprint density at radius 1 is 0.613 bits per heavy atom. The van der Waals surface area contributed by atoms with Crippen LogP contribution in [0.25, 0.3) is 0 Å². The fraction of sp³-hybridized carbons (Fsp3) is 0.364. The normalized spacial score (nSPS) is 11.1. The van der Waals surface area contributed by atoms with Crippen molar-refractivity contribution in [2.45, 2.75) is 86.4 Å². The molecule has 4 rings (SSSR count). The molecule has 0 heterocycles. The highest BCUT2D eigenvalue weighted by molar-refractivity contribution is 6.07. The first-order chi connectivity index (χ1) is 29.3. The first-order valence-electron chi connectivity index (χ1n) is 20.0. The smallest absolute Gasteiger partial charge is 0.310 e. The largest absolute Gasteiger partial charge is 0.491 e. The minimum Gasteiger partial charge on any atom is -0.491 e.